The summed E-state index contributed by atoms with van der Waals surface area (Å²) in [6.07, 6.45) is -2.74. The number of carbonyl (C=O) groups is 1. The maximum absolute atomic E-state index is 12.5. The summed E-state index contributed by atoms with van der Waals surface area (Å²) in [6.45, 7) is 2.10. The van der Waals surface area contributed by atoms with E-state index in [9.17, 15) is 18.0 Å². The zero-order chi connectivity index (χ0) is 18.7. The molecule has 142 valence electrons. The molecule has 1 amide bonds. The predicted octanol–water partition coefficient (Wildman–Crippen LogP) is 2.98. The number of hydrogen-bond donors (Lipinski definition) is 0. The molecule has 1 fully saturated rings. The minimum Gasteiger partial charge on any atom is -0.339 e. The van der Waals surface area contributed by atoms with E-state index in [4.69, 9.17) is 11.6 Å². The Morgan fingerprint density at radius 2 is 1.88 bits per heavy atom. The normalized spacial score (nSPS) is 16.4. The van der Waals surface area contributed by atoms with Gasteiger partial charge in [0.25, 0.3) is 0 Å². The predicted molar refractivity (Wildman–Crippen MR) is 92.0 cm³/mol. The maximum atomic E-state index is 12.5. The van der Waals surface area contributed by atoms with E-state index in [1.165, 1.54) is 0 Å². The van der Waals surface area contributed by atoms with Crippen LogP contribution in [0.25, 0.3) is 10.9 Å². The quantitative estimate of drug-likeness (QED) is 0.789. The van der Waals surface area contributed by atoms with Gasteiger partial charge >= 0.3 is 6.36 Å². The van der Waals surface area contributed by atoms with Crippen LogP contribution in [0.1, 0.15) is 0 Å². The first kappa shape index (κ1) is 19.0. The van der Waals surface area contributed by atoms with Gasteiger partial charge in [0, 0.05) is 54.8 Å². The highest BCUT2D eigenvalue weighted by molar-refractivity contribution is 6.31. The number of aromatic nitrogens is 1. The van der Waals surface area contributed by atoms with E-state index in [0.717, 1.165) is 10.9 Å². The smallest absolute Gasteiger partial charge is 0.339 e. The average Bonchev–Trinajstić information content (AvgIpc) is 2.96. The molecular weight excluding hydrogens is 371 g/mol. The molecule has 0 aliphatic carbocycles. The lowest BCUT2D eigenvalue weighted by Gasteiger charge is -2.34. The van der Waals surface area contributed by atoms with Gasteiger partial charge in [-0.3, -0.25) is 14.4 Å². The number of nitrogens with zero attached hydrogens (tertiary/aromatic N) is 3. The van der Waals surface area contributed by atoms with E-state index in [1.54, 1.807) is 11.0 Å². The van der Waals surface area contributed by atoms with E-state index < -0.39 is 13.0 Å². The fourth-order valence-corrected chi connectivity index (χ4v) is 3.25. The minimum absolute atomic E-state index is 0.0105. The molecule has 1 aliphatic rings. The van der Waals surface area contributed by atoms with Crippen LogP contribution in [0.15, 0.2) is 30.5 Å². The molecule has 0 saturated carbocycles. The van der Waals surface area contributed by atoms with E-state index in [-0.39, 0.29) is 19.0 Å². The van der Waals surface area contributed by atoms with Crippen molar-refractivity contribution in [1.29, 1.82) is 0 Å². The van der Waals surface area contributed by atoms with Crippen molar-refractivity contribution in [2.75, 3.05) is 39.3 Å². The average molecular weight is 390 g/mol. The fourth-order valence-electron chi connectivity index (χ4n) is 3.07. The summed E-state index contributed by atoms with van der Waals surface area (Å²) in [7, 11) is 0. The number of halogens is 4. The molecule has 1 aromatic heterocycles. The second-order valence-electron chi connectivity index (χ2n) is 6.16. The summed E-state index contributed by atoms with van der Waals surface area (Å²) >= 11 is 5.97. The third-order valence-electron chi connectivity index (χ3n) is 4.44. The fraction of sp³-hybridized carbons (Fsp3) is 0.471. The summed E-state index contributed by atoms with van der Waals surface area (Å²) in [5, 5.41) is 1.62. The summed E-state index contributed by atoms with van der Waals surface area (Å²) in [4.78, 5) is 16.1. The Morgan fingerprint density at radius 1 is 1.15 bits per heavy atom. The molecule has 26 heavy (non-hydrogen) atoms. The lowest BCUT2D eigenvalue weighted by atomic mass is 10.2. The van der Waals surface area contributed by atoms with Crippen LogP contribution >= 0.6 is 11.6 Å². The van der Waals surface area contributed by atoms with Gasteiger partial charge in [-0.15, -0.1) is 13.2 Å². The maximum Gasteiger partial charge on any atom is 0.522 e. The molecular formula is C17H19ClF3N3O2. The zero-order valence-electron chi connectivity index (χ0n) is 14.0. The number of fused-ring (bicyclic) bond motifs is 1. The Hall–Kier alpha value is -1.77. The van der Waals surface area contributed by atoms with Crippen LogP contribution in [-0.2, 0) is 16.1 Å². The molecule has 2 aromatic rings. The van der Waals surface area contributed by atoms with Crippen molar-refractivity contribution >= 4 is 28.4 Å². The standard InChI is InChI=1S/C17H19ClF3N3O2/c18-14-1-2-15-13(11-14)3-4-24(15)12-16(25)23-7-5-22(6-8-23)9-10-26-17(19,20)21/h1-4,11H,5-10,12H2. The number of piperazine rings is 1. The topological polar surface area (TPSA) is 37.7 Å². The zero-order valence-corrected chi connectivity index (χ0v) is 14.8. The third-order valence-corrected chi connectivity index (χ3v) is 4.67. The van der Waals surface area contributed by atoms with Crippen LogP contribution < -0.4 is 0 Å². The number of benzene rings is 1. The Bertz CT molecular complexity index is 770. The molecule has 0 bridgehead atoms. The SMILES string of the molecule is O=C(Cn1ccc2cc(Cl)ccc21)N1CCN(CCOC(F)(F)F)CC1. The summed E-state index contributed by atoms with van der Waals surface area (Å²) in [5.74, 6) is -0.0105. The van der Waals surface area contributed by atoms with Gasteiger partial charge in [-0.1, -0.05) is 11.6 Å². The second-order valence-corrected chi connectivity index (χ2v) is 6.60. The molecule has 1 aromatic carbocycles. The molecule has 0 atom stereocenters. The van der Waals surface area contributed by atoms with Crippen molar-refractivity contribution in [2.45, 2.75) is 12.9 Å². The number of alkyl halides is 3. The number of amides is 1. The highest BCUT2D eigenvalue weighted by Gasteiger charge is 2.29. The monoisotopic (exact) mass is 389 g/mol. The van der Waals surface area contributed by atoms with Crippen LogP contribution in [0.5, 0.6) is 0 Å². The lowest BCUT2D eigenvalue weighted by Crippen LogP contribution is -2.50. The molecule has 0 N–H and O–H groups in total. The van der Waals surface area contributed by atoms with Gasteiger partial charge in [0.15, 0.2) is 0 Å². The number of hydrogen-bond acceptors (Lipinski definition) is 3. The minimum atomic E-state index is -4.60. The number of carbonyl (C=O) groups excluding carboxylic acids is 1. The molecule has 5 nitrogen and oxygen atoms in total. The van der Waals surface area contributed by atoms with Gasteiger partial charge in [-0.05, 0) is 24.3 Å². The van der Waals surface area contributed by atoms with Crippen LogP contribution in [0.2, 0.25) is 5.02 Å². The van der Waals surface area contributed by atoms with Crippen molar-refractivity contribution in [1.82, 2.24) is 14.4 Å². The van der Waals surface area contributed by atoms with Gasteiger partial charge in [0.05, 0.1) is 6.61 Å². The van der Waals surface area contributed by atoms with Gasteiger partial charge in [0.1, 0.15) is 6.54 Å². The number of ether oxygens (including phenoxy) is 1. The Labute approximate surface area is 153 Å². The van der Waals surface area contributed by atoms with Crippen molar-refractivity contribution in [3.8, 4) is 0 Å². The molecule has 1 saturated heterocycles. The van der Waals surface area contributed by atoms with E-state index >= 15 is 0 Å². The Balaban J connectivity index is 1.49. The van der Waals surface area contributed by atoms with Crippen LogP contribution in [0, 0.1) is 0 Å². The van der Waals surface area contributed by atoms with Crippen LogP contribution in [0.3, 0.4) is 0 Å². The summed E-state index contributed by atoms with van der Waals surface area (Å²) in [5.41, 5.74) is 0.936. The van der Waals surface area contributed by atoms with Crippen molar-refractivity contribution < 1.29 is 22.7 Å². The Morgan fingerprint density at radius 3 is 2.58 bits per heavy atom. The molecule has 2 heterocycles. The van der Waals surface area contributed by atoms with Crippen LogP contribution in [0.4, 0.5) is 13.2 Å². The first-order valence-electron chi connectivity index (χ1n) is 8.27. The molecule has 9 heteroatoms. The second kappa shape index (κ2) is 7.85. The van der Waals surface area contributed by atoms with Crippen molar-refractivity contribution in [3.05, 3.63) is 35.5 Å². The summed E-state index contributed by atoms with van der Waals surface area (Å²) < 4.78 is 41.6. The molecule has 0 unspecified atom stereocenters. The highest BCUT2D eigenvalue weighted by atomic mass is 35.5. The van der Waals surface area contributed by atoms with Gasteiger partial charge in [0.2, 0.25) is 5.91 Å². The van der Waals surface area contributed by atoms with Crippen molar-refractivity contribution in [2.24, 2.45) is 0 Å². The van der Waals surface area contributed by atoms with E-state index in [2.05, 4.69) is 4.74 Å². The molecule has 3 rings (SSSR count). The first-order chi connectivity index (χ1) is 12.3. The van der Waals surface area contributed by atoms with E-state index in [1.807, 2.05) is 33.9 Å². The lowest BCUT2D eigenvalue weighted by molar-refractivity contribution is -0.325. The highest BCUT2D eigenvalue weighted by Crippen LogP contribution is 2.21. The largest absolute Gasteiger partial charge is 0.522 e. The number of rotatable bonds is 5. The van der Waals surface area contributed by atoms with Crippen molar-refractivity contribution in [3.63, 3.8) is 0 Å². The van der Waals surface area contributed by atoms with Gasteiger partial charge in [-0.2, -0.15) is 0 Å². The Kier molecular flexibility index (Phi) is 5.74. The van der Waals surface area contributed by atoms with E-state index in [0.29, 0.717) is 31.2 Å². The van der Waals surface area contributed by atoms with Gasteiger partial charge < -0.3 is 9.47 Å². The molecule has 1 aliphatic heterocycles. The molecule has 0 radical (unpaired) electrons. The van der Waals surface area contributed by atoms with Gasteiger partial charge in [-0.25, -0.2) is 0 Å². The third kappa shape index (κ3) is 4.90. The van der Waals surface area contributed by atoms with Crippen LogP contribution in [-0.4, -0.2) is 66.0 Å². The first-order valence-corrected chi connectivity index (χ1v) is 8.65. The summed E-state index contributed by atoms with van der Waals surface area (Å²) in [6, 6.07) is 7.42. The molecule has 0 spiro atoms.